The molecule has 5 nitrogen and oxygen atoms in total. The van der Waals surface area contributed by atoms with Crippen LogP contribution in [-0.4, -0.2) is 61.6 Å². The predicted molar refractivity (Wildman–Crippen MR) is 77.9 cm³/mol. The lowest BCUT2D eigenvalue weighted by molar-refractivity contribution is 0.0896. The molecule has 1 atom stereocenters. The van der Waals surface area contributed by atoms with Crippen molar-refractivity contribution >= 4 is 10.0 Å². The lowest BCUT2D eigenvalue weighted by atomic mass is 10.2. The van der Waals surface area contributed by atoms with Crippen molar-refractivity contribution in [1.29, 1.82) is 0 Å². The molecule has 0 spiro atoms. The van der Waals surface area contributed by atoms with E-state index in [9.17, 15) is 17.9 Å². The Morgan fingerprint density at radius 2 is 1.86 bits per heavy atom. The molecule has 0 radical (unpaired) electrons. The molecule has 21 heavy (non-hydrogen) atoms. The van der Waals surface area contributed by atoms with Crippen LogP contribution >= 0.6 is 0 Å². The van der Waals surface area contributed by atoms with Crippen molar-refractivity contribution in [1.82, 2.24) is 9.21 Å². The monoisotopic (exact) mass is 316 g/mol. The maximum atomic E-state index is 13.7. The predicted octanol–water partition coefficient (Wildman–Crippen LogP) is 0.903. The van der Waals surface area contributed by atoms with Crippen LogP contribution in [0.4, 0.5) is 4.39 Å². The van der Waals surface area contributed by atoms with E-state index in [1.54, 1.807) is 0 Å². The van der Waals surface area contributed by atoms with Crippen LogP contribution in [0.1, 0.15) is 13.3 Å². The van der Waals surface area contributed by atoms with E-state index in [0.29, 0.717) is 39.1 Å². The summed E-state index contributed by atoms with van der Waals surface area (Å²) in [6.07, 6.45) is 0.285. The number of halogens is 1. The average molecular weight is 316 g/mol. The van der Waals surface area contributed by atoms with Gasteiger partial charge in [0, 0.05) is 32.7 Å². The van der Waals surface area contributed by atoms with Crippen LogP contribution in [0, 0.1) is 5.82 Å². The quantitative estimate of drug-likeness (QED) is 0.877. The molecule has 2 rings (SSSR count). The summed E-state index contributed by atoms with van der Waals surface area (Å²) >= 11 is 0. The molecule has 1 saturated heterocycles. The Morgan fingerprint density at radius 3 is 2.43 bits per heavy atom. The minimum Gasteiger partial charge on any atom is -0.392 e. The number of piperazine rings is 1. The van der Waals surface area contributed by atoms with E-state index in [2.05, 4.69) is 0 Å². The topological polar surface area (TPSA) is 60.9 Å². The second kappa shape index (κ2) is 6.83. The van der Waals surface area contributed by atoms with Crippen LogP contribution in [0.15, 0.2) is 29.2 Å². The highest BCUT2D eigenvalue weighted by Crippen LogP contribution is 2.20. The van der Waals surface area contributed by atoms with E-state index in [-0.39, 0.29) is 11.0 Å². The third-order valence-electron chi connectivity index (χ3n) is 3.73. The number of nitrogens with zero attached hydrogens (tertiary/aromatic N) is 2. The summed E-state index contributed by atoms with van der Waals surface area (Å²) in [6, 6.07) is 5.43. The van der Waals surface area contributed by atoms with Gasteiger partial charge in [0.05, 0.1) is 6.10 Å². The van der Waals surface area contributed by atoms with Gasteiger partial charge in [0.1, 0.15) is 10.7 Å². The molecule has 0 aromatic heterocycles. The summed E-state index contributed by atoms with van der Waals surface area (Å²) in [4.78, 5) is 1.76. The molecular weight excluding hydrogens is 295 g/mol. The third-order valence-corrected chi connectivity index (χ3v) is 5.66. The summed E-state index contributed by atoms with van der Waals surface area (Å²) in [7, 11) is -3.78. The molecular formula is C14H21FN2O3S. The van der Waals surface area contributed by atoms with Gasteiger partial charge in [-0.2, -0.15) is 4.31 Å². The Bertz CT molecular complexity index is 571. The van der Waals surface area contributed by atoms with Crippen LogP contribution in [0.3, 0.4) is 0 Å². The van der Waals surface area contributed by atoms with Gasteiger partial charge in [-0.15, -0.1) is 0 Å². The van der Waals surface area contributed by atoms with E-state index in [0.717, 1.165) is 6.07 Å². The van der Waals surface area contributed by atoms with Crippen molar-refractivity contribution < 1.29 is 17.9 Å². The van der Waals surface area contributed by atoms with Crippen molar-refractivity contribution in [3.05, 3.63) is 30.1 Å². The Balaban J connectivity index is 2.03. The normalized spacial score (nSPS) is 19.6. The largest absolute Gasteiger partial charge is 0.392 e. The van der Waals surface area contributed by atoms with E-state index in [1.807, 2.05) is 11.8 Å². The summed E-state index contributed by atoms with van der Waals surface area (Å²) in [5.74, 6) is -0.721. The van der Waals surface area contributed by atoms with Gasteiger partial charge in [-0.1, -0.05) is 19.1 Å². The van der Waals surface area contributed by atoms with Crippen LogP contribution < -0.4 is 0 Å². The fourth-order valence-corrected chi connectivity index (χ4v) is 3.86. The summed E-state index contributed by atoms with van der Waals surface area (Å²) in [5.41, 5.74) is 0. The fourth-order valence-electron chi connectivity index (χ4n) is 2.37. The minimum absolute atomic E-state index is 0.271. The molecule has 7 heteroatoms. The zero-order chi connectivity index (χ0) is 15.5. The van der Waals surface area contributed by atoms with E-state index >= 15 is 0 Å². The van der Waals surface area contributed by atoms with Crippen molar-refractivity contribution in [3.8, 4) is 0 Å². The lowest BCUT2D eigenvalue weighted by Gasteiger charge is -2.34. The smallest absolute Gasteiger partial charge is 0.246 e. The van der Waals surface area contributed by atoms with Gasteiger partial charge >= 0.3 is 0 Å². The highest BCUT2D eigenvalue weighted by Gasteiger charge is 2.30. The number of hydrogen-bond acceptors (Lipinski definition) is 4. The first-order valence-corrected chi connectivity index (χ1v) is 8.54. The molecule has 1 fully saturated rings. The third kappa shape index (κ3) is 3.79. The van der Waals surface area contributed by atoms with Gasteiger partial charge in [0.2, 0.25) is 10.0 Å². The van der Waals surface area contributed by atoms with Crippen molar-refractivity contribution in [3.63, 3.8) is 0 Å². The number of aliphatic hydroxyl groups is 1. The van der Waals surface area contributed by atoms with E-state index < -0.39 is 15.8 Å². The molecule has 1 aliphatic rings. The molecule has 1 aromatic rings. The second-order valence-corrected chi connectivity index (χ2v) is 7.10. The molecule has 0 unspecified atom stereocenters. The molecule has 0 bridgehead atoms. The first kappa shape index (κ1) is 16.4. The molecule has 1 N–H and O–H groups in total. The van der Waals surface area contributed by atoms with Gasteiger partial charge in [-0.3, -0.25) is 4.90 Å². The van der Waals surface area contributed by atoms with Crippen molar-refractivity contribution in [2.45, 2.75) is 24.3 Å². The average Bonchev–Trinajstić information content (AvgIpc) is 2.48. The van der Waals surface area contributed by atoms with Crippen molar-refractivity contribution in [2.24, 2.45) is 0 Å². The van der Waals surface area contributed by atoms with Crippen LogP contribution in [0.5, 0.6) is 0 Å². The Hall–Kier alpha value is -1.02. The molecule has 0 aliphatic carbocycles. The van der Waals surface area contributed by atoms with E-state index in [1.165, 1.54) is 22.5 Å². The fraction of sp³-hybridized carbons (Fsp3) is 0.571. The zero-order valence-electron chi connectivity index (χ0n) is 12.1. The number of rotatable bonds is 5. The number of benzene rings is 1. The maximum Gasteiger partial charge on any atom is 0.246 e. The molecule has 118 valence electrons. The van der Waals surface area contributed by atoms with Gasteiger partial charge in [0.25, 0.3) is 0 Å². The Labute approximate surface area is 125 Å². The Kier molecular flexibility index (Phi) is 5.32. The number of hydrogen-bond donors (Lipinski definition) is 1. The van der Waals surface area contributed by atoms with Gasteiger partial charge in [0.15, 0.2) is 0 Å². The van der Waals surface area contributed by atoms with Crippen LogP contribution in [0.2, 0.25) is 0 Å². The molecule has 0 saturated carbocycles. The highest BCUT2D eigenvalue weighted by molar-refractivity contribution is 7.89. The zero-order valence-corrected chi connectivity index (χ0v) is 12.9. The van der Waals surface area contributed by atoms with Crippen molar-refractivity contribution in [2.75, 3.05) is 32.7 Å². The second-order valence-electron chi connectivity index (χ2n) is 5.20. The molecule has 1 aromatic carbocycles. The summed E-state index contributed by atoms with van der Waals surface area (Å²) in [6.45, 7) is 4.17. The maximum absolute atomic E-state index is 13.7. The van der Waals surface area contributed by atoms with Crippen LogP contribution in [0.25, 0.3) is 0 Å². The first-order chi connectivity index (χ1) is 9.95. The standard InChI is InChI=1S/C14H21FN2O3S/c1-2-12(18)11-16-7-9-17(10-8-16)21(19,20)14-6-4-3-5-13(14)15/h3-6,12,18H,2,7-11H2,1H3/t12-/m1/s1. The SMILES string of the molecule is CC[C@@H](O)CN1CCN(S(=O)(=O)c2ccccc2F)CC1. The lowest BCUT2D eigenvalue weighted by Crippen LogP contribution is -2.50. The van der Waals surface area contributed by atoms with E-state index in [4.69, 9.17) is 0 Å². The summed E-state index contributed by atoms with van der Waals surface area (Å²) in [5, 5.41) is 9.63. The first-order valence-electron chi connectivity index (χ1n) is 7.10. The van der Waals surface area contributed by atoms with Gasteiger partial charge in [-0.25, -0.2) is 12.8 Å². The number of aliphatic hydroxyl groups excluding tert-OH is 1. The number of sulfonamides is 1. The molecule has 0 amide bonds. The van der Waals surface area contributed by atoms with Gasteiger partial charge in [-0.05, 0) is 18.6 Å². The van der Waals surface area contributed by atoms with Crippen LogP contribution in [-0.2, 0) is 10.0 Å². The highest BCUT2D eigenvalue weighted by atomic mass is 32.2. The summed E-state index contributed by atoms with van der Waals surface area (Å²) < 4.78 is 39.8. The number of β-amino-alcohol motifs (C(OH)–C–C–N with tert-alkyl or cyclic N) is 1. The minimum atomic E-state index is -3.78. The van der Waals surface area contributed by atoms with Gasteiger partial charge < -0.3 is 5.11 Å². The Morgan fingerprint density at radius 1 is 1.24 bits per heavy atom. The molecule has 1 aliphatic heterocycles. The molecule has 1 heterocycles.